The number of carbonyl (C=O) groups excluding carboxylic acids is 1. The molecular formula is C16H16ClNO3. The number of para-hydroxylation sites is 1. The molecular weight excluding hydrogens is 290 g/mol. The number of benzene rings is 1. The monoisotopic (exact) mass is 305 g/mol. The zero-order valence-corrected chi connectivity index (χ0v) is 12.5. The Morgan fingerprint density at radius 3 is 2.86 bits per heavy atom. The van der Waals surface area contributed by atoms with Crippen LogP contribution in [0.1, 0.15) is 25.3 Å². The number of hydrogen-bond acceptors (Lipinski definition) is 4. The molecule has 110 valence electrons. The van der Waals surface area contributed by atoms with E-state index < -0.39 is 0 Å². The fourth-order valence-electron chi connectivity index (χ4n) is 1.72. The van der Waals surface area contributed by atoms with Crippen LogP contribution in [0, 0.1) is 0 Å². The Morgan fingerprint density at radius 1 is 1.29 bits per heavy atom. The van der Waals surface area contributed by atoms with Gasteiger partial charge in [-0.05, 0) is 24.6 Å². The van der Waals surface area contributed by atoms with Crippen LogP contribution in [-0.2, 0) is 11.4 Å². The van der Waals surface area contributed by atoms with Crippen molar-refractivity contribution in [1.82, 2.24) is 4.98 Å². The highest BCUT2D eigenvalue weighted by molar-refractivity contribution is 6.32. The summed E-state index contributed by atoms with van der Waals surface area (Å²) in [5.41, 5.74) is 0.920. The molecule has 0 spiro atoms. The van der Waals surface area contributed by atoms with Gasteiger partial charge in [0.2, 0.25) is 0 Å². The van der Waals surface area contributed by atoms with Gasteiger partial charge in [-0.25, -0.2) is 0 Å². The van der Waals surface area contributed by atoms with Crippen LogP contribution >= 0.6 is 11.6 Å². The van der Waals surface area contributed by atoms with Crippen molar-refractivity contribution < 1.29 is 14.3 Å². The van der Waals surface area contributed by atoms with Gasteiger partial charge in [0.15, 0.2) is 11.5 Å². The molecule has 0 bridgehead atoms. The Bertz CT molecular complexity index is 602. The number of esters is 1. The van der Waals surface area contributed by atoms with E-state index in [1.54, 1.807) is 30.6 Å². The van der Waals surface area contributed by atoms with Crippen LogP contribution in [0.25, 0.3) is 0 Å². The minimum Gasteiger partial charge on any atom is -0.485 e. The van der Waals surface area contributed by atoms with Gasteiger partial charge in [0.1, 0.15) is 6.61 Å². The maximum atomic E-state index is 11.6. The molecule has 21 heavy (non-hydrogen) atoms. The smallest absolute Gasteiger partial charge is 0.311 e. The zero-order chi connectivity index (χ0) is 15.1. The SMILES string of the molecule is CCCC(=O)Oc1c(Cl)cccc1OCc1cccnc1. The fourth-order valence-corrected chi connectivity index (χ4v) is 1.92. The van der Waals surface area contributed by atoms with Crippen molar-refractivity contribution in [2.75, 3.05) is 0 Å². The number of halogens is 1. The Labute approximate surface area is 128 Å². The average molecular weight is 306 g/mol. The van der Waals surface area contributed by atoms with Crippen molar-refractivity contribution in [3.05, 3.63) is 53.3 Å². The molecule has 2 aromatic rings. The maximum absolute atomic E-state index is 11.6. The third-order valence-corrected chi connectivity index (χ3v) is 3.02. The number of pyridine rings is 1. The van der Waals surface area contributed by atoms with Gasteiger partial charge in [-0.15, -0.1) is 0 Å². The minimum atomic E-state index is -0.322. The Balaban J connectivity index is 2.11. The number of nitrogens with zero attached hydrogens (tertiary/aromatic N) is 1. The number of ether oxygens (including phenoxy) is 2. The van der Waals surface area contributed by atoms with Gasteiger partial charge in [-0.2, -0.15) is 0 Å². The number of rotatable bonds is 6. The van der Waals surface area contributed by atoms with Crippen molar-refractivity contribution in [3.8, 4) is 11.5 Å². The lowest BCUT2D eigenvalue weighted by Gasteiger charge is -2.12. The molecule has 0 unspecified atom stereocenters. The molecule has 1 aromatic heterocycles. The van der Waals surface area contributed by atoms with E-state index in [0.717, 1.165) is 12.0 Å². The van der Waals surface area contributed by atoms with E-state index in [-0.39, 0.29) is 11.7 Å². The van der Waals surface area contributed by atoms with Crippen LogP contribution in [-0.4, -0.2) is 11.0 Å². The summed E-state index contributed by atoms with van der Waals surface area (Å²) in [5, 5.41) is 0.350. The first-order valence-corrected chi connectivity index (χ1v) is 7.09. The molecule has 0 radical (unpaired) electrons. The minimum absolute atomic E-state index is 0.265. The standard InChI is InChI=1S/C16H16ClNO3/c1-2-5-15(19)21-16-13(17)7-3-8-14(16)20-11-12-6-4-9-18-10-12/h3-4,6-10H,2,5,11H2,1H3. The van der Waals surface area contributed by atoms with Gasteiger partial charge in [0.05, 0.1) is 5.02 Å². The summed E-state index contributed by atoms with van der Waals surface area (Å²) in [4.78, 5) is 15.7. The Hall–Kier alpha value is -2.07. The van der Waals surface area contributed by atoms with Crippen molar-refractivity contribution in [3.63, 3.8) is 0 Å². The summed E-state index contributed by atoms with van der Waals surface area (Å²) in [6, 6.07) is 8.86. The van der Waals surface area contributed by atoms with Crippen LogP contribution < -0.4 is 9.47 Å². The lowest BCUT2D eigenvalue weighted by atomic mass is 10.3. The van der Waals surface area contributed by atoms with Gasteiger partial charge in [0.25, 0.3) is 0 Å². The summed E-state index contributed by atoms with van der Waals surface area (Å²) in [5.74, 6) is 0.383. The lowest BCUT2D eigenvalue weighted by molar-refractivity contribution is -0.134. The first-order chi connectivity index (χ1) is 10.2. The molecule has 0 saturated heterocycles. The molecule has 0 aliphatic heterocycles. The van der Waals surface area contributed by atoms with Crippen molar-refractivity contribution in [2.24, 2.45) is 0 Å². The average Bonchev–Trinajstić information content (AvgIpc) is 2.49. The molecule has 0 atom stereocenters. The molecule has 0 N–H and O–H groups in total. The Kier molecular flexibility index (Phi) is 5.58. The number of aromatic nitrogens is 1. The molecule has 0 saturated carbocycles. The highest BCUT2D eigenvalue weighted by Gasteiger charge is 2.14. The summed E-state index contributed by atoms with van der Waals surface area (Å²) < 4.78 is 11.0. The summed E-state index contributed by atoms with van der Waals surface area (Å²) in [6.45, 7) is 2.24. The molecule has 5 heteroatoms. The van der Waals surface area contributed by atoms with Gasteiger partial charge in [-0.3, -0.25) is 9.78 Å². The van der Waals surface area contributed by atoms with Gasteiger partial charge in [0, 0.05) is 24.4 Å². The van der Waals surface area contributed by atoms with Gasteiger partial charge >= 0.3 is 5.97 Å². The normalized spacial score (nSPS) is 10.2. The second-order valence-electron chi connectivity index (χ2n) is 4.44. The highest BCUT2D eigenvalue weighted by Crippen LogP contribution is 2.35. The summed E-state index contributed by atoms with van der Waals surface area (Å²) >= 11 is 6.09. The molecule has 1 heterocycles. The van der Waals surface area contributed by atoms with Crippen molar-refractivity contribution in [2.45, 2.75) is 26.4 Å². The molecule has 2 rings (SSSR count). The van der Waals surface area contributed by atoms with Crippen LogP contribution in [0.15, 0.2) is 42.7 Å². The third-order valence-electron chi connectivity index (χ3n) is 2.72. The van der Waals surface area contributed by atoms with E-state index in [0.29, 0.717) is 23.8 Å². The summed E-state index contributed by atoms with van der Waals surface area (Å²) in [6.07, 6.45) is 4.47. The van der Waals surface area contributed by atoms with Crippen LogP contribution in [0.5, 0.6) is 11.5 Å². The number of hydrogen-bond donors (Lipinski definition) is 0. The molecule has 1 aromatic carbocycles. The molecule has 0 amide bonds. The van der Waals surface area contributed by atoms with Gasteiger partial charge < -0.3 is 9.47 Å². The Morgan fingerprint density at radius 2 is 2.14 bits per heavy atom. The van der Waals surface area contributed by atoms with E-state index in [1.807, 2.05) is 19.1 Å². The van der Waals surface area contributed by atoms with E-state index >= 15 is 0 Å². The molecule has 0 aliphatic carbocycles. The van der Waals surface area contributed by atoms with E-state index in [9.17, 15) is 4.79 Å². The second-order valence-corrected chi connectivity index (χ2v) is 4.85. The van der Waals surface area contributed by atoms with Crippen LogP contribution in [0.4, 0.5) is 0 Å². The second kappa shape index (κ2) is 7.64. The van der Waals surface area contributed by atoms with Crippen LogP contribution in [0.2, 0.25) is 5.02 Å². The lowest BCUT2D eigenvalue weighted by Crippen LogP contribution is -2.09. The predicted octanol–water partition coefficient (Wildman–Crippen LogP) is 4.02. The topological polar surface area (TPSA) is 48.4 Å². The maximum Gasteiger partial charge on any atom is 0.311 e. The number of carbonyl (C=O) groups is 1. The third kappa shape index (κ3) is 4.46. The van der Waals surface area contributed by atoms with E-state index in [1.165, 1.54) is 0 Å². The van der Waals surface area contributed by atoms with E-state index in [2.05, 4.69) is 4.98 Å². The summed E-state index contributed by atoms with van der Waals surface area (Å²) in [7, 11) is 0. The molecule has 0 aliphatic rings. The van der Waals surface area contributed by atoms with E-state index in [4.69, 9.17) is 21.1 Å². The fraction of sp³-hybridized carbons (Fsp3) is 0.250. The first kappa shape index (κ1) is 15.3. The van der Waals surface area contributed by atoms with Crippen LogP contribution in [0.3, 0.4) is 0 Å². The first-order valence-electron chi connectivity index (χ1n) is 6.71. The molecule has 4 nitrogen and oxygen atoms in total. The van der Waals surface area contributed by atoms with Gasteiger partial charge in [-0.1, -0.05) is 30.7 Å². The molecule has 0 fully saturated rings. The van der Waals surface area contributed by atoms with Crippen molar-refractivity contribution >= 4 is 17.6 Å². The highest BCUT2D eigenvalue weighted by atomic mass is 35.5. The predicted molar refractivity (Wildman–Crippen MR) is 80.6 cm³/mol. The van der Waals surface area contributed by atoms with Crippen molar-refractivity contribution in [1.29, 1.82) is 0 Å². The largest absolute Gasteiger partial charge is 0.485 e. The zero-order valence-electron chi connectivity index (χ0n) is 11.7. The quantitative estimate of drug-likeness (QED) is 0.597.